The Morgan fingerprint density at radius 1 is 1.10 bits per heavy atom. The molecule has 0 aliphatic rings. The molecule has 0 bridgehead atoms. The van der Waals surface area contributed by atoms with Crippen molar-refractivity contribution in [3.05, 3.63) is 54.1 Å². The molecular weight excluding hydrogens is 415 g/mol. The van der Waals surface area contributed by atoms with E-state index >= 15 is 0 Å². The highest BCUT2D eigenvalue weighted by Crippen LogP contribution is 2.38. The van der Waals surface area contributed by atoms with E-state index in [9.17, 15) is 13.2 Å². The van der Waals surface area contributed by atoms with Crippen LogP contribution < -0.4 is 15.0 Å². The molecule has 1 aromatic heterocycles. The number of ether oxygens (including phenoxy) is 1. The second kappa shape index (κ2) is 9.43. The summed E-state index contributed by atoms with van der Waals surface area (Å²) in [6, 6.07) is 12.8. The summed E-state index contributed by atoms with van der Waals surface area (Å²) < 4.78 is 46.3. The molecule has 0 saturated heterocycles. The van der Waals surface area contributed by atoms with Gasteiger partial charge >= 0.3 is 6.18 Å². The van der Waals surface area contributed by atoms with Crippen molar-refractivity contribution in [2.75, 3.05) is 36.8 Å². The lowest BCUT2D eigenvalue weighted by Gasteiger charge is -2.22. The third kappa shape index (κ3) is 4.90. The number of pyridine rings is 1. The number of unbranched alkanes of at least 4 members (excludes halogenated alkanes) is 1. The number of nitrogens with one attached hydrogen (secondary N) is 1. The Kier molecular flexibility index (Phi) is 6.92. The van der Waals surface area contributed by atoms with E-state index < -0.39 is 11.7 Å². The van der Waals surface area contributed by atoms with Crippen LogP contribution in [0.25, 0.3) is 10.9 Å². The van der Waals surface area contributed by atoms with Crippen molar-refractivity contribution in [2.45, 2.75) is 19.0 Å². The lowest BCUT2D eigenvalue weighted by Crippen LogP contribution is -2.15. The van der Waals surface area contributed by atoms with Gasteiger partial charge in [-0.05, 0) is 43.2 Å². The lowest BCUT2D eigenvalue weighted by atomic mass is 10.1. The van der Waals surface area contributed by atoms with E-state index in [0.717, 1.165) is 24.6 Å². The number of alkyl halides is 4. The largest absolute Gasteiger partial charge is 0.495 e. The summed E-state index contributed by atoms with van der Waals surface area (Å²) in [4.78, 5) is 6.07. The summed E-state index contributed by atoms with van der Waals surface area (Å²) in [6.07, 6.45) is -2.70. The normalized spacial score (nSPS) is 11.5. The second-order valence-electron chi connectivity index (χ2n) is 6.81. The first-order valence-electron chi connectivity index (χ1n) is 9.53. The number of hydrogen-bond donors (Lipinski definition) is 1. The van der Waals surface area contributed by atoms with E-state index in [0.29, 0.717) is 29.4 Å². The highest BCUT2D eigenvalue weighted by molar-refractivity contribution is 6.17. The van der Waals surface area contributed by atoms with Crippen LogP contribution in [0.1, 0.15) is 18.4 Å². The lowest BCUT2D eigenvalue weighted by molar-refractivity contribution is -0.136. The maximum atomic E-state index is 13.6. The predicted molar refractivity (Wildman–Crippen MR) is 116 cm³/mol. The van der Waals surface area contributed by atoms with Gasteiger partial charge in [-0.15, -0.1) is 11.6 Å². The van der Waals surface area contributed by atoms with Crippen molar-refractivity contribution in [2.24, 2.45) is 0 Å². The van der Waals surface area contributed by atoms with Gasteiger partial charge in [-0.3, -0.25) is 0 Å². The van der Waals surface area contributed by atoms with Crippen LogP contribution in [-0.4, -0.2) is 31.6 Å². The number of nitrogens with zero attached hydrogens (tertiary/aromatic N) is 2. The minimum atomic E-state index is -4.48. The van der Waals surface area contributed by atoms with Crippen LogP contribution >= 0.6 is 11.6 Å². The van der Waals surface area contributed by atoms with Gasteiger partial charge in [-0.25, -0.2) is 4.98 Å². The molecule has 160 valence electrons. The molecule has 0 unspecified atom stereocenters. The summed E-state index contributed by atoms with van der Waals surface area (Å²) in [6.45, 7) is 0.711. The third-order valence-electron chi connectivity index (χ3n) is 4.80. The van der Waals surface area contributed by atoms with Crippen molar-refractivity contribution >= 4 is 39.7 Å². The molecule has 8 heteroatoms. The number of benzene rings is 2. The fourth-order valence-electron chi connectivity index (χ4n) is 3.19. The number of rotatable bonds is 8. The molecule has 0 amide bonds. The maximum absolute atomic E-state index is 13.6. The Morgan fingerprint density at radius 3 is 2.57 bits per heavy atom. The van der Waals surface area contributed by atoms with Crippen LogP contribution in [0, 0.1) is 0 Å². The number of para-hydroxylation sites is 1. The Hall–Kier alpha value is -2.67. The van der Waals surface area contributed by atoms with Crippen molar-refractivity contribution < 1.29 is 17.9 Å². The minimum absolute atomic E-state index is 0.0820. The second-order valence-corrected chi connectivity index (χ2v) is 7.19. The Bertz CT molecular complexity index is 1010. The van der Waals surface area contributed by atoms with E-state index in [2.05, 4.69) is 10.3 Å². The highest BCUT2D eigenvalue weighted by atomic mass is 35.5. The van der Waals surface area contributed by atoms with Gasteiger partial charge < -0.3 is 15.0 Å². The van der Waals surface area contributed by atoms with Crippen molar-refractivity contribution in [1.29, 1.82) is 0 Å². The maximum Gasteiger partial charge on any atom is 0.417 e. The van der Waals surface area contributed by atoms with Crippen molar-refractivity contribution in [1.82, 2.24) is 4.98 Å². The molecule has 3 aromatic rings. The van der Waals surface area contributed by atoms with E-state index in [4.69, 9.17) is 16.3 Å². The van der Waals surface area contributed by atoms with Gasteiger partial charge in [0, 0.05) is 30.5 Å². The topological polar surface area (TPSA) is 37.4 Å². The van der Waals surface area contributed by atoms with Gasteiger partial charge in [-0.2, -0.15) is 13.2 Å². The molecule has 1 heterocycles. The van der Waals surface area contributed by atoms with Crippen LogP contribution in [0.2, 0.25) is 0 Å². The summed E-state index contributed by atoms with van der Waals surface area (Å²) in [5, 5.41) is 3.38. The zero-order valence-corrected chi connectivity index (χ0v) is 17.5. The standard InChI is InChI=1S/C22H23ClF3N3O/c1-29(15-9-10-20(30-2)19(13-15)27-12-6-5-11-23)21-14-17(22(24,25)26)16-7-3-4-8-18(16)28-21/h3-4,7-10,13-14,27H,5-6,11-12H2,1-2H3. The van der Waals surface area contributed by atoms with Crippen LogP contribution in [-0.2, 0) is 6.18 Å². The molecule has 0 aliphatic carbocycles. The molecule has 0 atom stereocenters. The summed E-state index contributed by atoms with van der Waals surface area (Å²) in [5.41, 5.74) is 1.03. The number of halogens is 4. The summed E-state index contributed by atoms with van der Waals surface area (Å²) >= 11 is 5.72. The number of methoxy groups -OCH3 is 1. The van der Waals surface area contributed by atoms with Crippen LogP contribution in [0.15, 0.2) is 48.5 Å². The molecule has 3 rings (SSSR count). The highest BCUT2D eigenvalue weighted by Gasteiger charge is 2.33. The van der Waals surface area contributed by atoms with Crippen LogP contribution in [0.5, 0.6) is 5.75 Å². The fourth-order valence-corrected chi connectivity index (χ4v) is 3.37. The fraction of sp³-hybridized carbons (Fsp3) is 0.318. The Labute approximate surface area is 178 Å². The first-order valence-corrected chi connectivity index (χ1v) is 10.1. The molecule has 2 aromatic carbocycles. The first-order chi connectivity index (χ1) is 14.3. The summed E-state index contributed by atoms with van der Waals surface area (Å²) in [5.74, 6) is 1.45. The Balaban J connectivity index is 1.98. The number of aromatic nitrogens is 1. The smallest absolute Gasteiger partial charge is 0.417 e. The monoisotopic (exact) mass is 437 g/mol. The first kappa shape index (κ1) is 22.0. The molecule has 4 nitrogen and oxygen atoms in total. The Morgan fingerprint density at radius 2 is 1.87 bits per heavy atom. The van der Waals surface area contributed by atoms with Gasteiger partial charge in [0.1, 0.15) is 11.6 Å². The van der Waals surface area contributed by atoms with Gasteiger partial charge in [-0.1, -0.05) is 18.2 Å². The zero-order valence-electron chi connectivity index (χ0n) is 16.8. The minimum Gasteiger partial charge on any atom is -0.495 e. The van der Waals surface area contributed by atoms with Crippen LogP contribution in [0.3, 0.4) is 0 Å². The summed E-state index contributed by atoms with van der Waals surface area (Å²) in [7, 11) is 3.26. The number of fused-ring (bicyclic) bond motifs is 1. The van der Waals surface area contributed by atoms with E-state index in [-0.39, 0.29) is 11.2 Å². The molecule has 1 N–H and O–H groups in total. The molecule has 0 aliphatic heterocycles. The molecule has 0 saturated carbocycles. The molecular formula is C22H23ClF3N3O. The van der Waals surface area contributed by atoms with Crippen molar-refractivity contribution in [3.8, 4) is 5.75 Å². The number of hydrogen-bond acceptors (Lipinski definition) is 4. The van der Waals surface area contributed by atoms with Crippen LogP contribution in [0.4, 0.5) is 30.4 Å². The van der Waals surface area contributed by atoms with Crippen molar-refractivity contribution in [3.63, 3.8) is 0 Å². The number of anilines is 3. The average Bonchev–Trinajstić information content (AvgIpc) is 2.74. The average molecular weight is 438 g/mol. The third-order valence-corrected chi connectivity index (χ3v) is 5.07. The molecule has 0 spiro atoms. The van der Waals surface area contributed by atoms with E-state index in [1.54, 1.807) is 49.4 Å². The molecule has 0 fully saturated rings. The van der Waals surface area contributed by atoms with E-state index in [1.807, 2.05) is 6.07 Å². The quantitative estimate of drug-likeness (QED) is 0.324. The van der Waals surface area contributed by atoms with Gasteiger partial charge in [0.05, 0.1) is 23.9 Å². The van der Waals surface area contributed by atoms with Gasteiger partial charge in [0.2, 0.25) is 0 Å². The predicted octanol–water partition coefficient (Wildman–Crippen LogP) is 6.46. The zero-order chi connectivity index (χ0) is 21.7. The SMILES string of the molecule is COc1ccc(N(C)c2cc(C(F)(F)F)c3ccccc3n2)cc1NCCCCCl. The van der Waals surface area contributed by atoms with Gasteiger partial charge in [0.25, 0.3) is 0 Å². The molecule has 0 radical (unpaired) electrons. The molecule has 30 heavy (non-hydrogen) atoms. The van der Waals surface area contributed by atoms with Gasteiger partial charge in [0.15, 0.2) is 0 Å². The van der Waals surface area contributed by atoms with E-state index in [1.165, 1.54) is 6.07 Å².